The van der Waals surface area contributed by atoms with E-state index in [0.29, 0.717) is 12.3 Å². The largest absolute Gasteiger partial charge is 0.428 e. The number of amides is 1. The summed E-state index contributed by atoms with van der Waals surface area (Å²) in [6.07, 6.45) is 6.98. The molecule has 1 fully saturated rings. The average Bonchev–Trinajstić information content (AvgIpc) is 3.00. The second kappa shape index (κ2) is 6.97. The highest BCUT2D eigenvalue weighted by molar-refractivity contribution is 7.90. The van der Waals surface area contributed by atoms with Crippen LogP contribution in [-0.4, -0.2) is 15.7 Å². The lowest BCUT2D eigenvalue weighted by molar-refractivity contribution is -0.107. The van der Waals surface area contributed by atoms with Crippen LogP contribution in [0.3, 0.4) is 0 Å². The highest BCUT2D eigenvalue weighted by atomic mass is 32.2. The topological polar surface area (TPSA) is 121 Å². The van der Waals surface area contributed by atoms with Crippen LogP contribution in [0, 0.1) is 10.7 Å². The van der Waals surface area contributed by atoms with E-state index in [0.717, 1.165) is 36.1 Å². The number of anilines is 2. The molecule has 0 aliphatic heterocycles. The van der Waals surface area contributed by atoms with Crippen molar-refractivity contribution in [3.8, 4) is 0 Å². The Morgan fingerprint density at radius 3 is 2.59 bits per heavy atom. The summed E-state index contributed by atoms with van der Waals surface area (Å²) < 4.78 is 25.4. The van der Waals surface area contributed by atoms with E-state index >= 15 is 0 Å². The molecule has 1 aromatic heterocycles. The van der Waals surface area contributed by atoms with Crippen LogP contribution in [0.1, 0.15) is 55.4 Å². The van der Waals surface area contributed by atoms with E-state index in [9.17, 15) is 14.1 Å². The molecule has 4 N–H and O–H groups in total. The van der Waals surface area contributed by atoms with E-state index in [1.165, 1.54) is 35.8 Å². The molecule has 1 saturated carbocycles. The van der Waals surface area contributed by atoms with Gasteiger partial charge in [-0.25, -0.2) is 14.1 Å². The van der Waals surface area contributed by atoms with Gasteiger partial charge in [-0.15, -0.1) is 0 Å². The predicted octanol–water partition coefficient (Wildman–Crippen LogP) is 3.52. The number of carbonyl (C=O) groups is 1. The van der Waals surface area contributed by atoms with Crippen molar-refractivity contribution in [3.05, 3.63) is 40.5 Å². The zero-order chi connectivity index (χ0) is 21.0. The summed E-state index contributed by atoms with van der Waals surface area (Å²) in [6, 6.07) is 5.52. The molecule has 0 saturated heterocycles. The second-order valence-electron chi connectivity index (χ2n) is 8.63. The second-order valence-corrected chi connectivity index (χ2v) is 10.2. The molecule has 2 aliphatic carbocycles. The lowest BCUT2D eigenvalue weighted by Gasteiger charge is -2.33. The Morgan fingerprint density at radius 2 is 2.10 bits per heavy atom. The number of furan rings is 1. The number of fused-ring (bicyclic) bond motifs is 1. The Morgan fingerprint density at radius 1 is 1.38 bits per heavy atom. The van der Waals surface area contributed by atoms with Gasteiger partial charge in [0.25, 0.3) is 0 Å². The van der Waals surface area contributed by atoms with Gasteiger partial charge in [0, 0.05) is 11.6 Å². The smallest absolute Gasteiger partial charge is 0.221 e. The van der Waals surface area contributed by atoms with Crippen molar-refractivity contribution in [2.75, 3.05) is 4.90 Å². The van der Waals surface area contributed by atoms with Gasteiger partial charge in [0.15, 0.2) is 9.92 Å². The molecule has 1 amide bonds. The first-order chi connectivity index (χ1) is 13.6. The van der Waals surface area contributed by atoms with Gasteiger partial charge in [-0.3, -0.25) is 9.69 Å². The van der Waals surface area contributed by atoms with E-state index in [1.807, 2.05) is 0 Å². The van der Waals surface area contributed by atoms with Crippen molar-refractivity contribution in [3.63, 3.8) is 0 Å². The molecule has 8 heteroatoms. The van der Waals surface area contributed by atoms with Gasteiger partial charge >= 0.3 is 0 Å². The van der Waals surface area contributed by atoms with Gasteiger partial charge in [0.1, 0.15) is 0 Å². The zero-order valence-electron chi connectivity index (χ0n) is 16.7. The first-order valence-corrected chi connectivity index (χ1v) is 11.5. The quantitative estimate of drug-likeness (QED) is 0.597. The Hall–Kier alpha value is -2.16. The molecule has 2 aliphatic rings. The summed E-state index contributed by atoms with van der Waals surface area (Å²) in [7, 11) is -3.64. The molecule has 7 nitrogen and oxygen atoms in total. The number of nitrogens with one attached hydrogen (secondary N) is 1. The van der Waals surface area contributed by atoms with Gasteiger partial charge in [-0.05, 0) is 55.7 Å². The molecule has 4 rings (SSSR count). The zero-order valence-corrected chi connectivity index (χ0v) is 17.6. The van der Waals surface area contributed by atoms with Crippen LogP contribution in [0.5, 0.6) is 0 Å². The first-order valence-electron chi connectivity index (χ1n) is 9.91. The predicted molar refractivity (Wildman–Crippen MR) is 110 cm³/mol. The number of carbonyl (C=O) groups excluding carboxylic acids is 1. The number of benzene rings is 1. The van der Waals surface area contributed by atoms with Gasteiger partial charge < -0.3 is 9.52 Å². The van der Waals surface area contributed by atoms with Crippen LogP contribution in [0.4, 0.5) is 11.6 Å². The fraction of sp³-hybridized carbons (Fsp3) is 0.476. The van der Waals surface area contributed by atoms with E-state index < -0.39 is 15.5 Å². The summed E-state index contributed by atoms with van der Waals surface area (Å²) in [5, 5.41) is 15.8. The third kappa shape index (κ3) is 3.60. The monoisotopic (exact) mass is 417 g/mol. The molecule has 2 aromatic rings. The van der Waals surface area contributed by atoms with Gasteiger partial charge in [0.2, 0.25) is 17.4 Å². The van der Waals surface area contributed by atoms with Crippen molar-refractivity contribution in [1.82, 2.24) is 0 Å². The number of hydrogen-bond donors (Lipinski definition) is 3. The van der Waals surface area contributed by atoms with Crippen LogP contribution in [-0.2, 0) is 39.6 Å². The van der Waals surface area contributed by atoms with Gasteiger partial charge in [0.05, 0.1) is 11.3 Å². The molecule has 1 heterocycles. The summed E-state index contributed by atoms with van der Waals surface area (Å²) in [5.41, 5.74) is 3.06. The third-order valence-corrected chi connectivity index (χ3v) is 6.85. The molecule has 156 valence electrons. The van der Waals surface area contributed by atoms with E-state index in [4.69, 9.17) is 14.3 Å². The summed E-state index contributed by atoms with van der Waals surface area (Å²) in [6.45, 7) is 3.10. The summed E-state index contributed by atoms with van der Waals surface area (Å²) in [5.74, 6) is 0.681. The minimum absolute atomic E-state index is 0.0723. The SMILES string of the molecule is CC(C)(O)c1cc(S(=N)(N)=O)oc1N(C=O)c1c(CC2CCC2)ccc2c1CC2. The summed E-state index contributed by atoms with van der Waals surface area (Å²) >= 11 is 0. The first kappa shape index (κ1) is 20.1. The van der Waals surface area contributed by atoms with E-state index in [-0.39, 0.29) is 16.5 Å². The van der Waals surface area contributed by atoms with Crippen molar-refractivity contribution >= 4 is 27.9 Å². The Kier molecular flexibility index (Phi) is 4.83. The molecule has 0 bridgehead atoms. The minimum Gasteiger partial charge on any atom is -0.428 e. The maximum Gasteiger partial charge on any atom is 0.221 e. The number of nitrogens with zero attached hydrogens (tertiary/aromatic N) is 1. The molecular formula is C21H27N3O4S. The van der Waals surface area contributed by atoms with Crippen LogP contribution < -0.4 is 10.0 Å². The van der Waals surface area contributed by atoms with Crippen LogP contribution in [0.25, 0.3) is 0 Å². The van der Waals surface area contributed by atoms with Gasteiger partial charge in [-0.1, -0.05) is 31.4 Å². The maximum absolute atomic E-state index is 12.3. The molecule has 0 radical (unpaired) electrons. The van der Waals surface area contributed by atoms with Crippen molar-refractivity contribution in [2.24, 2.45) is 11.1 Å². The lowest BCUT2D eigenvalue weighted by Crippen LogP contribution is -2.26. The van der Waals surface area contributed by atoms with E-state index in [2.05, 4.69) is 12.1 Å². The molecular weight excluding hydrogens is 390 g/mol. The van der Waals surface area contributed by atoms with Crippen molar-refractivity contribution < 1.29 is 18.5 Å². The number of aliphatic hydroxyl groups is 1. The highest BCUT2D eigenvalue weighted by Gasteiger charge is 2.34. The lowest BCUT2D eigenvalue weighted by atomic mass is 9.78. The summed E-state index contributed by atoms with van der Waals surface area (Å²) in [4.78, 5) is 13.7. The number of rotatable bonds is 7. The van der Waals surface area contributed by atoms with E-state index in [1.54, 1.807) is 13.8 Å². The normalized spacial score (nSPS) is 18.3. The number of aryl methyl sites for hydroxylation is 1. The average molecular weight is 418 g/mol. The fourth-order valence-electron chi connectivity index (χ4n) is 4.12. The maximum atomic E-state index is 12.3. The Bertz CT molecular complexity index is 1060. The standard InChI is InChI=1S/C21H27N3O4S/c1-21(2,26)17-11-18(29(22,23)27)28-20(17)24(12-25)19-15(10-13-4-3-5-13)7-6-14-8-9-16(14)19/h6-7,11-13,26H,3-5,8-10H2,1-2H3,(H3,22,23,27). The fourth-order valence-corrected chi connectivity index (χ4v) is 4.62. The molecule has 0 spiro atoms. The third-order valence-electron chi connectivity index (χ3n) is 6.05. The number of hydrogen-bond acceptors (Lipinski definition) is 5. The van der Waals surface area contributed by atoms with Crippen LogP contribution in [0.2, 0.25) is 0 Å². The van der Waals surface area contributed by atoms with Crippen LogP contribution >= 0.6 is 0 Å². The number of nitrogens with two attached hydrogens (primary N) is 1. The highest BCUT2D eigenvalue weighted by Crippen LogP contribution is 2.44. The molecule has 1 atom stereocenters. The Labute approximate surface area is 171 Å². The van der Waals surface area contributed by atoms with Crippen LogP contribution in [0.15, 0.2) is 27.7 Å². The van der Waals surface area contributed by atoms with Gasteiger partial charge in [-0.2, -0.15) is 0 Å². The van der Waals surface area contributed by atoms with Crippen molar-refractivity contribution in [1.29, 1.82) is 4.78 Å². The Balaban J connectivity index is 1.88. The minimum atomic E-state index is -3.64. The molecule has 1 unspecified atom stereocenters. The molecule has 29 heavy (non-hydrogen) atoms. The molecule has 1 aromatic carbocycles. The van der Waals surface area contributed by atoms with Crippen molar-refractivity contribution in [2.45, 2.75) is 63.1 Å².